The van der Waals surface area contributed by atoms with Gasteiger partial charge in [0.05, 0.1) is 12.1 Å². The van der Waals surface area contributed by atoms with Gasteiger partial charge in [-0.3, -0.25) is 4.90 Å². The van der Waals surface area contributed by atoms with Gasteiger partial charge in [-0.15, -0.1) is 10.2 Å². The van der Waals surface area contributed by atoms with Crippen molar-refractivity contribution in [3.8, 4) is 0 Å². The molecule has 0 radical (unpaired) electrons. The van der Waals surface area contributed by atoms with Crippen molar-refractivity contribution in [1.29, 1.82) is 0 Å². The minimum absolute atomic E-state index is 0.0365. The highest BCUT2D eigenvalue weighted by molar-refractivity contribution is 5.15. The van der Waals surface area contributed by atoms with Crippen molar-refractivity contribution < 1.29 is 9.52 Å². The van der Waals surface area contributed by atoms with Gasteiger partial charge in [-0.05, 0) is 24.3 Å². The number of benzene rings is 1. The smallest absolute Gasteiger partial charge is 0.233 e. The number of nitrogens with zero attached hydrogens (tertiary/aromatic N) is 3. The molecule has 0 amide bonds. The summed E-state index contributed by atoms with van der Waals surface area (Å²) < 4.78 is 5.57. The summed E-state index contributed by atoms with van der Waals surface area (Å²) in [5, 5.41) is 18.1. The lowest BCUT2D eigenvalue weighted by Crippen LogP contribution is -2.30. The van der Waals surface area contributed by atoms with Crippen molar-refractivity contribution in [2.24, 2.45) is 5.92 Å². The summed E-state index contributed by atoms with van der Waals surface area (Å²) in [7, 11) is 0. The Morgan fingerprint density at radius 1 is 1.32 bits per heavy atom. The number of rotatable bonds is 5. The SMILES string of the molecule is Cc1nnc([C@H]2C[C@@H](O)CN2CC(C)Cc2ccccc2)o1. The van der Waals surface area contributed by atoms with Crippen LogP contribution in [0.2, 0.25) is 0 Å². The van der Waals surface area contributed by atoms with E-state index in [1.807, 2.05) is 6.07 Å². The van der Waals surface area contributed by atoms with Crippen molar-refractivity contribution in [2.75, 3.05) is 13.1 Å². The van der Waals surface area contributed by atoms with Gasteiger partial charge in [-0.2, -0.15) is 0 Å². The Bertz CT molecular complexity index is 599. The number of aryl methyl sites for hydroxylation is 1. The molecule has 1 aromatic carbocycles. The average Bonchev–Trinajstić information content (AvgIpc) is 3.06. The molecule has 0 bridgehead atoms. The first kappa shape index (κ1) is 15.2. The molecular weight excluding hydrogens is 278 g/mol. The molecule has 0 saturated carbocycles. The Kier molecular flexibility index (Phi) is 4.55. The zero-order valence-corrected chi connectivity index (χ0v) is 13.1. The fourth-order valence-electron chi connectivity index (χ4n) is 3.27. The monoisotopic (exact) mass is 301 g/mol. The van der Waals surface area contributed by atoms with E-state index in [9.17, 15) is 5.11 Å². The fourth-order valence-corrected chi connectivity index (χ4v) is 3.27. The van der Waals surface area contributed by atoms with Crippen LogP contribution in [0, 0.1) is 12.8 Å². The van der Waals surface area contributed by atoms with Crippen molar-refractivity contribution in [1.82, 2.24) is 15.1 Å². The minimum atomic E-state index is -0.318. The molecule has 1 saturated heterocycles. The highest BCUT2D eigenvalue weighted by atomic mass is 16.4. The van der Waals surface area contributed by atoms with Gasteiger partial charge in [0.15, 0.2) is 0 Å². The van der Waals surface area contributed by atoms with Crippen LogP contribution in [0.25, 0.3) is 0 Å². The molecule has 1 fully saturated rings. The van der Waals surface area contributed by atoms with Gasteiger partial charge in [0.1, 0.15) is 0 Å². The molecule has 5 heteroatoms. The van der Waals surface area contributed by atoms with E-state index in [-0.39, 0.29) is 12.1 Å². The summed E-state index contributed by atoms with van der Waals surface area (Å²) in [5.41, 5.74) is 1.35. The van der Waals surface area contributed by atoms with E-state index in [1.54, 1.807) is 6.92 Å². The van der Waals surface area contributed by atoms with Crippen molar-refractivity contribution in [3.63, 3.8) is 0 Å². The predicted octanol–water partition coefficient (Wildman–Crippen LogP) is 2.36. The highest BCUT2D eigenvalue weighted by Gasteiger charge is 2.35. The first-order chi connectivity index (χ1) is 10.6. The Balaban J connectivity index is 1.64. The van der Waals surface area contributed by atoms with Gasteiger partial charge in [0, 0.05) is 20.0 Å². The first-order valence-corrected chi connectivity index (χ1v) is 7.88. The maximum Gasteiger partial charge on any atom is 0.233 e. The normalized spacial score (nSPS) is 23.8. The van der Waals surface area contributed by atoms with E-state index in [0.717, 1.165) is 13.0 Å². The zero-order chi connectivity index (χ0) is 15.5. The minimum Gasteiger partial charge on any atom is -0.424 e. The summed E-state index contributed by atoms with van der Waals surface area (Å²) in [6, 6.07) is 10.5. The van der Waals surface area contributed by atoms with Gasteiger partial charge < -0.3 is 9.52 Å². The Hall–Kier alpha value is -1.72. The number of likely N-dealkylation sites (tertiary alicyclic amines) is 1. The quantitative estimate of drug-likeness (QED) is 0.918. The maximum absolute atomic E-state index is 10.0. The predicted molar refractivity (Wildman–Crippen MR) is 83.3 cm³/mol. The van der Waals surface area contributed by atoms with Gasteiger partial charge in [-0.25, -0.2) is 0 Å². The van der Waals surface area contributed by atoms with Crippen LogP contribution in [0.1, 0.15) is 36.7 Å². The standard InChI is InChI=1S/C17H23N3O2/c1-12(8-14-6-4-3-5-7-14)10-20-11-15(21)9-16(20)17-19-18-13(2)22-17/h3-7,12,15-16,21H,8-11H2,1-2H3/t12?,15-,16-/m1/s1. The largest absolute Gasteiger partial charge is 0.424 e. The number of hydrogen-bond acceptors (Lipinski definition) is 5. The molecule has 1 unspecified atom stereocenters. The van der Waals surface area contributed by atoms with Gasteiger partial charge in [0.2, 0.25) is 11.8 Å². The second kappa shape index (κ2) is 6.58. The molecule has 2 heterocycles. The summed E-state index contributed by atoms with van der Waals surface area (Å²) in [4.78, 5) is 2.27. The molecule has 1 aromatic heterocycles. The average molecular weight is 301 g/mol. The first-order valence-electron chi connectivity index (χ1n) is 7.88. The number of hydrogen-bond donors (Lipinski definition) is 1. The lowest BCUT2D eigenvalue weighted by molar-refractivity contribution is 0.163. The molecule has 1 aliphatic heterocycles. The molecule has 22 heavy (non-hydrogen) atoms. The van der Waals surface area contributed by atoms with E-state index in [2.05, 4.69) is 46.3 Å². The third-order valence-electron chi connectivity index (χ3n) is 4.18. The number of β-amino-alcohol motifs (C(OH)–C–C–N with tert-alkyl or cyclic N) is 1. The second-order valence-electron chi connectivity index (χ2n) is 6.31. The Labute approximate surface area is 131 Å². The molecule has 0 aliphatic carbocycles. The van der Waals surface area contributed by atoms with Crippen LogP contribution in [-0.4, -0.2) is 39.4 Å². The molecule has 0 spiro atoms. The van der Waals surface area contributed by atoms with Gasteiger partial charge in [0.25, 0.3) is 0 Å². The molecule has 3 rings (SSSR count). The molecule has 5 nitrogen and oxygen atoms in total. The molecule has 1 aliphatic rings. The number of aliphatic hydroxyl groups is 1. The molecular formula is C17H23N3O2. The molecule has 118 valence electrons. The van der Waals surface area contributed by atoms with Gasteiger partial charge >= 0.3 is 0 Å². The molecule has 1 N–H and O–H groups in total. The molecule has 3 atom stereocenters. The third kappa shape index (κ3) is 3.54. The van der Waals surface area contributed by atoms with Crippen LogP contribution in [0.15, 0.2) is 34.7 Å². The maximum atomic E-state index is 10.0. The lowest BCUT2D eigenvalue weighted by atomic mass is 10.0. The van der Waals surface area contributed by atoms with Crippen LogP contribution >= 0.6 is 0 Å². The van der Waals surface area contributed by atoms with Crippen LogP contribution in [0.4, 0.5) is 0 Å². The van der Waals surface area contributed by atoms with Crippen LogP contribution in [0.5, 0.6) is 0 Å². The summed E-state index contributed by atoms with van der Waals surface area (Å²) in [5.74, 6) is 1.70. The summed E-state index contributed by atoms with van der Waals surface area (Å²) in [6.45, 7) is 5.63. The van der Waals surface area contributed by atoms with Crippen LogP contribution in [-0.2, 0) is 6.42 Å². The van der Waals surface area contributed by atoms with E-state index >= 15 is 0 Å². The Morgan fingerprint density at radius 2 is 2.09 bits per heavy atom. The zero-order valence-electron chi connectivity index (χ0n) is 13.1. The van der Waals surface area contributed by atoms with Crippen molar-refractivity contribution >= 4 is 0 Å². The van der Waals surface area contributed by atoms with Crippen LogP contribution in [0.3, 0.4) is 0 Å². The number of aliphatic hydroxyl groups excluding tert-OH is 1. The lowest BCUT2D eigenvalue weighted by Gasteiger charge is -2.25. The highest BCUT2D eigenvalue weighted by Crippen LogP contribution is 2.32. The van der Waals surface area contributed by atoms with E-state index in [0.29, 0.717) is 30.7 Å². The summed E-state index contributed by atoms with van der Waals surface area (Å²) >= 11 is 0. The second-order valence-corrected chi connectivity index (χ2v) is 6.31. The van der Waals surface area contributed by atoms with E-state index in [4.69, 9.17) is 4.42 Å². The Morgan fingerprint density at radius 3 is 2.77 bits per heavy atom. The van der Waals surface area contributed by atoms with Crippen LogP contribution < -0.4 is 0 Å². The topological polar surface area (TPSA) is 62.4 Å². The molecule has 2 aromatic rings. The van der Waals surface area contributed by atoms with E-state index in [1.165, 1.54) is 5.56 Å². The van der Waals surface area contributed by atoms with Gasteiger partial charge in [-0.1, -0.05) is 37.3 Å². The van der Waals surface area contributed by atoms with Crippen molar-refractivity contribution in [2.45, 2.75) is 38.8 Å². The number of aromatic nitrogens is 2. The fraction of sp³-hybridized carbons (Fsp3) is 0.529. The van der Waals surface area contributed by atoms with Crippen molar-refractivity contribution in [3.05, 3.63) is 47.7 Å². The third-order valence-corrected chi connectivity index (χ3v) is 4.18. The summed E-state index contributed by atoms with van der Waals surface area (Å²) in [6.07, 6.45) is 1.38. The van der Waals surface area contributed by atoms with E-state index < -0.39 is 0 Å².